The molecule has 0 radical (unpaired) electrons. The lowest BCUT2D eigenvalue weighted by atomic mass is 10.1. The number of rotatable bonds is 9. The summed E-state index contributed by atoms with van der Waals surface area (Å²) in [5.41, 5.74) is 1.14. The molecular weight excluding hydrogens is 344 g/mol. The molecule has 1 aliphatic heterocycles. The summed E-state index contributed by atoms with van der Waals surface area (Å²) in [5.74, 6) is 1.15. The maximum atomic E-state index is 11.8. The van der Waals surface area contributed by atoms with Crippen LogP contribution in [-0.2, 0) is 21.1 Å². The molecule has 1 aromatic rings. The molecule has 0 aromatic heterocycles. The van der Waals surface area contributed by atoms with Gasteiger partial charge >= 0.3 is 0 Å². The molecule has 7 nitrogen and oxygen atoms in total. The van der Waals surface area contributed by atoms with Gasteiger partial charge in [0, 0.05) is 18.7 Å². The summed E-state index contributed by atoms with van der Waals surface area (Å²) in [5, 5.41) is 2.79. The number of benzene rings is 1. The van der Waals surface area contributed by atoms with Gasteiger partial charge in [-0.2, -0.15) is 0 Å². The first-order valence-electron chi connectivity index (χ1n) is 8.35. The number of ether oxygens (including phenoxy) is 2. The molecule has 0 spiro atoms. The van der Waals surface area contributed by atoms with Gasteiger partial charge in [-0.05, 0) is 37.6 Å². The van der Waals surface area contributed by atoms with Crippen molar-refractivity contribution >= 4 is 15.7 Å². The second-order valence-corrected chi connectivity index (χ2v) is 8.54. The molecule has 1 atom stereocenters. The van der Waals surface area contributed by atoms with Crippen LogP contribution in [-0.4, -0.2) is 57.3 Å². The van der Waals surface area contributed by atoms with Crippen molar-refractivity contribution in [3.05, 3.63) is 23.8 Å². The Labute approximate surface area is 149 Å². The largest absolute Gasteiger partial charge is 0.454 e. The van der Waals surface area contributed by atoms with Crippen molar-refractivity contribution in [3.8, 4) is 11.5 Å². The fourth-order valence-corrected chi connectivity index (χ4v) is 3.23. The molecule has 0 fully saturated rings. The number of nitrogens with one attached hydrogen (secondary N) is 1. The number of sulfone groups is 1. The Hall–Kier alpha value is -1.80. The number of hydrogen-bond donors (Lipinski definition) is 1. The predicted molar refractivity (Wildman–Crippen MR) is 95.4 cm³/mol. The van der Waals surface area contributed by atoms with E-state index >= 15 is 0 Å². The molecule has 0 saturated heterocycles. The number of amides is 1. The molecule has 0 saturated carbocycles. The highest BCUT2D eigenvalue weighted by molar-refractivity contribution is 7.90. The summed E-state index contributed by atoms with van der Waals surface area (Å²) >= 11 is 0. The lowest BCUT2D eigenvalue weighted by Crippen LogP contribution is -2.43. The quantitative estimate of drug-likeness (QED) is 0.657. The molecule has 1 amide bonds. The smallest absolute Gasteiger partial charge is 0.231 e. The van der Waals surface area contributed by atoms with Gasteiger partial charge in [-0.1, -0.05) is 13.0 Å². The van der Waals surface area contributed by atoms with Gasteiger partial charge in [-0.15, -0.1) is 0 Å². The molecular formula is C17H26N2O5S. The normalized spacial score (nSPS) is 14.6. The van der Waals surface area contributed by atoms with E-state index in [1.54, 1.807) is 0 Å². The third-order valence-corrected chi connectivity index (χ3v) is 5.12. The fraction of sp³-hybridized carbons (Fsp3) is 0.588. The first kappa shape index (κ1) is 19.5. The summed E-state index contributed by atoms with van der Waals surface area (Å²) in [6, 6.07) is 6.12. The van der Waals surface area contributed by atoms with E-state index < -0.39 is 9.84 Å². The van der Waals surface area contributed by atoms with Crippen molar-refractivity contribution in [2.75, 3.05) is 32.0 Å². The molecule has 1 heterocycles. The van der Waals surface area contributed by atoms with Crippen LogP contribution in [0.5, 0.6) is 11.5 Å². The second kappa shape index (κ2) is 8.53. The van der Waals surface area contributed by atoms with E-state index in [9.17, 15) is 13.2 Å². The highest BCUT2D eigenvalue weighted by Crippen LogP contribution is 2.32. The van der Waals surface area contributed by atoms with E-state index in [0.29, 0.717) is 6.67 Å². The van der Waals surface area contributed by atoms with Gasteiger partial charge in [0.2, 0.25) is 12.7 Å². The minimum Gasteiger partial charge on any atom is -0.454 e. The van der Waals surface area contributed by atoms with E-state index in [1.165, 1.54) is 0 Å². The summed E-state index contributed by atoms with van der Waals surface area (Å²) in [6.07, 6.45) is 1.93. The number of carbonyl (C=O) groups is 1. The van der Waals surface area contributed by atoms with Crippen LogP contribution in [0.15, 0.2) is 18.2 Å². The summed E-state index contributed by atoms with van der Waals surface area (Å²) < 4.78 is 32.9. The zero-order valence-corrected chi connectivity index (χ0v) is 15.8. The third-order valence-electron chi connectivity index (χ3n) is 4.18. The lowest BCUT2D eigenvalue weighted by Gasteiger charge is -2.28. The van der Waals surface area contributed by atoms with Crippen LogP contribution in [0.3, 0.4) is 0 Å². The molecule has 1 N–H and O–H groups in total. The Morgan fingerprint density at radius 1 is 1.32 bits per heavy atom. The molecule has 140 valence electrons. The van der Waals surface area contributed by atoms with E-state index in [2.05, 4.69) is 17.1 Å². The van der Waals surface area contributed by atoms with Crippen LogP contribution in [0.25, 0.3) is 0 Å². The molecule has 1 unspecified atom stereocenters. The van der Waals surface area contributed by atoms with Crippen LogP contribution < -0.4 is 14.8 Å². The maximum absolute atomic E-state index is 11.8. The first-order chi connectivity index (χ1) is 11.8. The van der Waals surface area contributed by atoms with Crippen LogP contribution in [0, 0.1) is 0 Å². The lowest BCUT2D eigenvalue weighted by molar-refractivity contribution is -0.121. The van der Waals surface area contributed by atoms with Gasteiger partial charge in [0.1, 0.15) is 9.84 Å². The van der Waals surface area contributed by atoms with Crippen molar-refractivity contribution < 1.29 is 22.7 Å². The third kappa shape index (κ3) is 6.21. The zero-order chi connectivity index (χ0) is 18.4. The van der Waals surface area contributed by atoms with Gasteiger partial charge in [-0.3, -0.25) is 9.69 Å². The van der Waals surface area contributed by atoms with Crippen LogP contribution in [0.1, 0.15) is 25.8 Å². The number of nitrogens with zero attached hydrogens (tertiary/aromatic N) is 1. The Kier molecular flexibility index (Phi) is 6.66. The molecule has 8 heteroatoms. The van der Waals surface area contributed by atoms with E-state index in [4.69, 9.17) is 9.47 Å². The first-order valence-corrected chi connectivity index (χ1v) is 10.4. The topological polar surface area (TPSA) is 84.9 Å². The van der Waals surface area contributed by atoms with Crippen molar-refractivity contribution in [2.24, 2.45) is 0 Å². The van der Waals surface area contributed by atoms with Crippen molar-refractivity contribution in [1.82, 2.24) is 10.2 Å². The standard InChI is InChI=1S/C17H26N2O5S/c1-4-19(11-18-17(20)7-8-25(3,21)22)13(2)9-14-5-6-15-16(10-14)24-12-23-15/h5-6,10,13H,4,7-9,11-12H2,1-3H3,(H,18,20). The van der Waals surface area contributed by atoms with Crippen LogP contribution in [0.2, 0.25) is 0 Å². The zero-order valence-electron chi connectivity index (χ0n) is 14.9. The Balaban J connectivity index is 1.84. The summed E-state index contributed by atoms with van der Waals surface area (Å²) in [4.78, 5) is 13.9. The molecule has 0 bridgehead atoms. The highest BCUT2D eigenvalue weighted by Gasteiger charge is 2.17. The number of likely N-dealkylation sites (N-methyl/N-ethyl adjacent to an activating group) is 1. The predicted octanol–water partition coefficient (Wildman–Crippen LogP) is 1.18. The highest BCUT2D eigenvalue weighted by atomic mass is 32.2. The average Bonchev–Trinajstić information content (AvgIpc) is 3.00. The van der Waals surface area contributed by atoms with Crippen LogP contribution in [0.4, 0.5) is 0 Å². The van der Waals surface area contributed by atoms with Gasteiger partial charge in [0.05, 0.1) is 12.4 Å². The Bertz CT molecular complexity index is 705. The Morgan fingerprint density at radius 2 is 2.04 bits per heavy atom. The minimum absolute atomic E-state index is 0.00701. The number of carbonyl (C=O) groups excluding carboxylic acids is 1. The molecule has 2 rings (SSSR count). The van der Waals surface area contributed by atoms with Crippen molar-refractivity contribution in [2.45, 2.75) is 32.7 Å². The van der Waals surface area contributed by atoms with E-state index in [0.717, 1.165) is 36.3 Å². The van der Waals surface area contributed by atoms with Gasteiger partial charge in [0.25, 0.3) is 0 Å². The monoisotopic (exact) mass is 370 g/mol. The van der Waals surface area contributed by atoms with Gasteiger partial charge in [0.15, 0.2) is 11.5 Å². The molecule has 25 heavy (non-hydrogen) atoms. The maximum Gasteiger partial charge on any atom is 0.231 e. The second-order valence-electron chi connectivity index (χ2n) is 6.28. The van der Waals surface area contributed by atoms with Gasteiger partial charge in [-0.25, -0.2) is 8.42 Å². The molecule has 1 aromatic carbocycles. The van der Waals surface area contributed by atoms with E-state index in [-0.39, 0.29) is 30.9 Å². The van der Waals surface area contributed by atoms with Crippen LogP contribution >= 0.6 is 0 Å². The van der Waals surface area contributed by atoms with Crippen molar-refractivity contribution in [1.29, 1.82) is 0 Å². The van der Waals surface area contributed by atoms with E-state index in [1.807, 2.05) is 25.1 Å². The molecule has 1 aliphatic rings. The van der Waals surface area contributed by atoms with Crippen molar-refractivity contribution in [3.63, 3.8) is 0 Å². The SMILES string of the molecule is CCN(CNC(=O)CCS(C)(=O)=O)C(C)Cc1ccc2c(c1)OCO2. The van der Waals surface area contributed by atoms with Gasteiger partial charge < -0.3 is 14.8 Å². The molecule has 0 aliphatic carbocycles. The number of hydrogen-bond acceptors (Lipinski definition) is 6. The number of fused-ring (bicyclic) bond motifs is 1. The minimum atomic E-state index is -3.12. The average molecular weight is 370 g/mol. The Morgan fingerprint density at radius 3 is 2.72 bits per heavy atom. The summed E-state index contributed by atoms with van der Waals surface area (Å²) in [7, 11) is -3.12. The summed E-state index contributed by atoms with van der Waals surface area (Å²) in [6.45, 7) is 5.55. The fourth-order valence-electron chi connectivity index (χ4n) is 2.67.